The fourth-order valence-corrected chi connectivity index (χ4v) is 6.57. The summed E-state index contributed by atoms with van der Waals surface area (Å²) in [5, 5.41) is 14.7. The quantitative estimate of drug-likeness (QED) is 0.299. The van der Waals surface area contributed by atoms with E-state index in [1.165, 1.54) is 29.7 Å². The van der Waals surface area contributed by atoms with Crippen molar-refractivity contribution in [2.24, 2.45) is 10.4 Å². The summed E-state index contributed by atoms with van der Waals surface area (Å²) in [6, 6.07) is 0.531. The van der Waals surface area contributed by atoms with Crippen molar-refractivity contribution in [1.82, 2.24) is 20.1 Å². The Morgan fingerprint density at radius 1 is 1.26 bits per heavy atom. The molecule has 0 aliphatic carbocycles. The number of aromatic nitrogens is 1. The number of alkyl halides is 2. The van der Waals surface area contributed by atoms with Gasteiger partial charge in [-0.2, -0.15) is 0 Å². The van der Waals surface area contributed by atoms with E-state index in [0.29, 0.717) is 18.0 Å². The van der Waals surface area contributed by atoms with Gasteiger partial charge < -0.3 is 15.2 Å². The molecule has 0 spiro atoms. The van der Waals surface area contributed by atoms with Gasteiger partial charge in [-0.05, 0) is 46.2 Å². The van der Waals surface area contributed by atoms with Gasteiger partial charge in [0.05, 0.1) is 30.2 Å². The molecular weight excluding hydrogens is 590 g/mol. The molecule has 0 saturated carbocycles. The summed E-state index contributed by atoms with van der Waals surface area (Å²) < 4.78 is 66.0. The van der Waals surface area contributed by atoms with Crippen LogP contribution in [-0.4, -0.2) is 88.5 Å². The molecule has 3 aliphatic rings. The van der Waals surface area contributed by atoms with E-state index in [0.717, 1.165) is 6.07 Å². The van der Waals surface area contributed by atoms with Gasteiger partial charge in [-0.1, -0.05) is 12.1 Å². The predicted molar refractivity (Wildman–Crippen MR) is 151 cm³/mol. The number of thiazole rings is 1. The van der Waals surface area contributed by atoms with Crippen molar-refractivity contribution in [1.29, 1.82) is 0 Å². The fraction of sp³-hybridized carbons (Fsp3) is 0.517. The Hall–Kier alpha value is -3.36. The minimum absolute atomic E-state index is 0.00878. The number of carboxylic acid groups (broad SMARTS) is 1. The third kappa shape index (κ3) is 6.04. The van der Waals surface area contributed by atoms with Gasteiger partial charge in [0, 0.05) is 42.0 Å². The van der Waals surface area contributed by atoms with Crippen LogP contribution in [0.15, 0.2) is 46.0 Å². The zero-order valence-corrected chi connectivity index (χ0v) is 24.8. The number of hydrogen-bond acceptors (Lipinski definition) is 9. The van der Waals surface area contributed by atoms with Gasteiger partial charge in [0.2, 0.25) is 0 Å². The van der Waals surface area contributed by atoms with Crippen LogP contribution in [0, 0.1) is 17.0 Å². The number of hydrogen-bond donors (Lipinski definition) is 2. The number of benzene rings is 1. The third-order valence-corrected chi connectivity index (χ3v) is 9.06. The molecule has 3 atom stereocenters. The Kier molecular flexibility index (Phi) is 8.65. The highest BCUT2D eigenvalue weighted by Gasteiger charge is 2.59. The third-order valence-electron chi connectivity index (χ3n) is 8.28. The van der Waals surface area contributed by atoms with Gasteiger partial charge in [0.1, 0.15) is 6.04 Å². The van der Waals surface area contributed by atoms with E-state index in [1.54, 1.807) is 36.0 Å². The van der Waals surface area contributed by atoms with Crippen LogP contribution < -0.4 is 5.32 Å². The van der Waals surface area contributed by atoms with Crippen molar-refractivity contribution in [3.63, 3.8) is 0 Å². The molecule has 2 aromatic rings. The first-order valence-electron chi connectivity index (χ1n) is 14.0. The highest BCUT2D eigenvalue weighted by Crippen LogP contribution is 2.43. The lowest BCUT2D eigenvalue weighted by Gasteiger charge is -2.31. The normalized spacial score (nSPS) is 24.1. The van der Waals surface area contributed by atoms with E-state index in [1.807, 2.05) is 0 Å². The van der Waals surface area contributed by atoms with Crippen LogP contribution in [0.2, 0.25) is 0 Å². The molecule has 1 aromatic carbocycles. The van der Waals surface area contributed by atoms with Crippen LogP contribution >= 0.6 is 11.3 Å². The number of esters is 1. The van der Waals surface area contributed by atoms with Crippen molar-refractivity contribution < 1.29 is 37.0 Å². The standard InChI is InChI=1S/C29H33F4N5O4S/c1-4-42-26(39)20-18(35-24(25-34-10-13-43-25)36-22(20)16-6-5-7-17(30)21(16)31)14-38-15-29(32,33)23-19(38)8-11-37(23)12-9-28(2,3)27(40)41/h5-7,10,13,19,22-23H,4,8-9,11-12,14-15H2,1-3H3,(H,35,36)(H,40,41)/t19?,22-,23?/m1/s1. The molecule has 1 aromatic heterocycles. The van der Waals surface area contributed by atoms with Gasteiger partial charge in [0.15, 0.2) is 22.5 Å². The van der Waals surface area contributed by atoms with E-state index < -0.39 is 59.6 Å². The Morgan fingerprint density at radius 3 is 2.70 bits per heavy atom. The number of fused-ring (bicyclic) bond motifs is 1. The number of nitrogens with zero attached hydrogens (tertiary/aromatic N) is 4. The Balaban J connectivity index is 1.51. The Bertz CT molecular complexity index is 1450. The molecule has 2 saturated heterocycles. The number of carbonyl (C=O) groups is 2. The van der Waals surface area contributed by atoms with Crippen molar-refractivity contribution in [3.05, 3.63) is 63.3 Å². The van der Waals surface area contributed by atoms with Crippen LogP contribution in [0.5, 0.6) is 0 Å². The number of carboxylic acids is 1. The average molecular weight is 624 g/mol. The zero-order chi connectivity index (χ0) is 31.1. The number of nitrogens with one attached hydrogen (secondary N) is 1. The summed E-state index contributed by atoms with van der Waals surface area (Å²) in [7, 11) is 0. The number of ether oxygens (including phenoxy) is 1. The maximum atomic E-state index is 15.6. The SMILES string of the molecule is CCOC(=O)C1=C(CN2CC(F)(F)C3C2CCN3CCC(C)(C)C(=O)O)NC(c2nccs2)=N[C@@H]1c1cccc(F)c1F. The van der Waals surface area contributed by atoms with E-state index in [2.05, 4.69) is 15.3 Å². The van der Waals surface area contributed by atoms with Crippen LogP contribution in [0.3, 0.4) is 0 Å². The minimum Gasteiger partial charge on any atom is -0.481 e. The highest BCUT2D eigenvalue weighted by molar-refractivity contribution is 7.11. The fourth-order valence-electron chi connectivity index (χ4n) is 5.98. The second kappa shape index (κ2) is 12.0. The van der Waals surface area contributed by atoms with Crippen molar-refractivity contribution in [2.75, 3.05) is 32.8 Å². The number of carbonyl (C=O) groups excluding carboxylic acids is 1. The number of amidine groups is 1. The number of rotatable bonds is 10. The van der Waals surface area contributed by atoms with E-state index >= 15 is 13.2 Å². The molecule has 232 valence electrons. The average Bonchev–Trinajstić information content (AvgIpc) is 3.68. The van der Waals surface area contributed by atoms with Crippen LogP contribution in [-0.2, 0) is 14.3 Å². The molecule has 43 heavy (non-hydrogen) atoms. The van der Waals surface area contributed by atoms with E-state index in [-0.39, 0.29) is 48.8 Å². The summed E-state index contributed by atoms with van der Waals surface area (Å²) in [5.74, 6) is -7.04. The molecule has 0 radical (unpaired) electrons. The van der Waals surface area contributed by atoms with Crippen molar-refractivity contribution in [2.45, 2.75) is 57.7 Å². The topological polar surface area (TPSA) is 107 Å². The molecular formula is C29H33F4N5O4S. The van der Waals surface area contributed by atoms with Crippen molar-refractivity contribution >= 4 is 29.1 Å². The maximum Gasteiger partial charge on any atom is 0.338 e. The lowest BCUT2D eigenvalue weighted by Crippen LogP contribution is -2.46. The van der Waals surface area contributed by atoms with Gasteiger partial charge in [-0.3, -0.25) is 19.6 Å². The van der Waals surface area contributed by atoms with Crippen molar-refractivity contribution in [3.8, 4) is 0 Å². The maximum absolute atomic E-state index is 15.6. The summed E-state index contributed by atoms with van der Waals surface area (Å²) >= 11 is 1.23. The first kappa shape index (κ1) is 31.1. The smallest absolute Gasteiger partial charge is 0.338 e. The summed E-state index contributed by atoms with van der Waals surface area (Å²) in [6.45, 7) is 4.53. The molecule has 9 nitrogen and oxygen atoms in total. The first-order valence-corrected chi connectivity index (χ1v) is 14.9. The largest absolute Gasteiger partial charge is 0.481 e. The van der Waals surface area contributed by atoms with E-state index in [9.17, 15) is 19.1 Å². The summed E-state index contributed by atoms with van der Waals surface area (Å²) in [4.78, 5) is 37.0. The molecule has 2 fully saturated rings. The monoisotopic (exact) mass is 623 g/mol. The molecule has 4 heterocycles. The molecule has 3 aliphatic heterocycles. The predicted octanol–water partition coefficient (Wildman–Crippen LogP) is 4.22. The molecule has 14 heteroatoms. The number of aliphatic imine (C=N–C) groups is 1. The molecule has 2 unspecified atom stereocenters. The van der Waals surface area contributed by atoms with Gasteiger partial charge in [-0.15, -0.1) is 11.3 Å². The number of aliphatic carboxylic acids is 1. The molecule has 2 N–H and O–H groups in total. The van der Waals surface area contributed by atoms with Crippen LogP contribution in [0.4, 0.5) is 17.6 Å². The van der Waals surface area contributed by atoms with Crippen LogP contribution in [0.25, 0.3) is 0 Å². The second-order valence-electron chi connectivity index (χ2n) is 11.5. The number of likely N-dealkylation sites (tertiary alicyclic amines) is 2. The van der Waals surface area contributed by atoms with Gasteiger partial charge in [0.25, 0.3) is 5.92 Å². The minimum atomic E-state index is -3.12. The summed E-state index contributed by atoms with van der Waals surface area (Å²) in [5.41, 5.74) is -1.18. The molecule has 5 rings (SSSR count). The van der Waals surface area contributed by atoms with Gasteiger partial charge >= 0.3 is 11.9 Å². The highest BCUT2D eigenvalue weighted by atomic mass is 32.1. The Labute approximate surface area is 250 Å². The lowest BCUT2D eigenvalue weighted by atomic mass is 9.89. The molecule has 0 amide bonds. The first-order chi connectivity index (χ1) is 20.3. The lowest BCUT2D eigenvalue weighted by molar-refractivity contribution is -0.147. The van der Waals surface area contributed by atoms with Crippen LogP contribution in [0.1, 0.15) is 50.2 Å². The summed E-state index contributed by atoms with van der Waals surface area (Å²) in [6.07, 6.45) is 2.15. The Morgan fingerprint density at radius 2 is 2.02 bits per heavy atom. The van der Waals surface area contributed by atoms with Gasteiger partial charge in [-0.25, -0.2) is 27.3 Å². The number of halogens is 4. The zero-order valence-electron chi connectivity index (χ0n) is 23.9. The second-order valence-corrected chi connectivity index (χ2v) is 12.4. The molecule has 0 bridgehead atoms. The van der Waals surface area contributed by atoms with E-state index in [4.69, 9.17) is 4.74 Å².